The number of rotatable bonds is 2. The smallest absolute Gasteiger partial charge is 0.137 e. The molecule has 1 heterocycles. The summed E-state index contributed by atoms with van der Waals surface area (Å²) in [6.45, 7) is 6.25. The third kappa shape index (κ3) is 2.42. The van der Waals surface area contributed by atoms with Gasteiger partial charge in [0.1, 0.15) is 17.5 Å². The van der Waals surface area contributed by atoms with E-state index < -0.39 is 0 Å². The number of nitrogens with two attached hydrogens (primary N) is 1. The Balaban J connectivity index is 2.30. The summed E-state index contributed by atoms with van der Waals surface area (Å²) in [7, 11) is 2.14. The first-order valence-electron chi connectivity index (χ1n) is 6.84. The van der Waals surface area contributed by atoms with Crippen molar-refractivity contribution in [3.05, 3.63) is 11.4 Å². The quantitative estimate of drug-likeness (QED) is 0.874. The second-order valence-corrected chi connectivity index (χ2v) is 5.54. The van der Waals surface area contributed by atoms with Crippen LogP contribution in [-0.4, -0.2) is 23.1 Å². The van der Waals surface area contributed by atoms with Crippen LogP contribution in [0.5, 0.6) is 0 Å². The van der Waals surface area contributed by atoms with Crippen LogP contribution in [0.1, 0.15) is 44.0 Å². The van der Waals surface area contributed by atoms with Crippen molar-refractivity contribution in [1.29, 1.82) is 0 Å². The molecule has 0 spiro atoms. The van der Waals surface area contributed by atoms with Crippen LogP contribution in [0.3, 0.4) is 0 Å². The SMILES string of the molecule is Cc1nc(N)c(C)c(N(C)C2CCCCC2C)n1. The number of hydrogen-bond donors (Lipinski definition) is 1. The molecule has 1 saturated carbocycles. The molecule has 4 heteroatoms. The highest BCUT2D eigenvalue weighted by Crippen LogP contribution is 2.31. The number of aryl methyl sites for hydroxylation is 1. The summed E-state index contributed by atoms with van der Waals surface area (Å²) in [5, 5.41) is 0. The summed E-state index contributed by atoms with van der Waals surface area (Å²) in [5.41, 5.74) is 6.95. The third-order valence-corrected chi connectivity index (χ3v) is 4.17. The lowest BCUT2D eigenvalue weighted by atomic mass is 9.85. The maximum atomic E-state index is 5.95. The van der Waals surface area contributed by atoms with Gasteiger partial charge in [0.2, 0.25) is 0 Å². The van der Waals surface area contributed by atoms with E-state index in [1.807, 2.05) is 13.8 Å². The summed E-state index contributed by atoms with van der Waals surface area (Å²) in [6.07, 6.45) is 5.24. The van der Waals surface area contributed by atoms with Crippen LogP contribution in [0.4, 0.5) is 11.6 Å². The molecule has 0 radical (unpaired) electrons. The molecule has 4 nitrogen and oxygen atoms in total. The molecule has 2 N–H and O–H groups in total. The van der Waals surface area contributed by atoms with Gasteiger partial charge in [-0.1, -0.05) is 19.8 Å². The molecule has 1 fully saturated rings. The van der Waals surface area contributed by atoms with Gasteiger partial charge in [-0.25, -0.2) is 9.97 Å². The fourth-order valence-corrected chi connectivity index (χ4v) is 3.01. The molecule has 1 aliphatic carbocycles. The van der Waals surface area contributed by atoms with Crippen LogP contribution in [0, 0.1) is 19.8 Å². The number of aromatic nitrogens is 2. The predicted molar refractivity (Wildman–Crippen MR) is 75.7 cm³/mol. The first-order valence-corrected chi connectivity index (χ1v) is 6.84. The molecular formula is C14H24N4. The standard InChI is InChI=1S/C14H24N4/c1-9-7-5-6-8-12(9)18(4)14-10(2)13(15)16-11(3)17-14/h9,12H,5-8H2,1-4H3,(H2,15,16,17). The van der Waals surface area contributed by atoms with Gasteiger partial charge in [-0.15, -0.1) is 0 Å². The first-order chi connectivity index (χ1) is 8.50. The van der Waals surface area contributed by atoms with Crippen molar-refractivity contribution < 1.29 is 0 Å². The Bertz CT molecular complexity index is 430. The predicted octanol–water partition coefficient (Wildman–Crippen LogP) is 2.69. The van der Waals surface area contributed by atoms with Crippen molar-refractivity contribution in [3.63, 3.8) is 0 Å². The van der Waals surface area contributed by atoms with Gasteiger partial charge < -0.3 is 10.6 Å². The molecule has 2 rings (SSSR count). The largest absolute Gasteiger partial charge is 0.383 e. The van der Waals surface area contributed by atoms with Crippen molar-refractivity contribution in [2.24, 2.45) is 5.92 Å². The zero-order valence-corrected chi connectivity index (χ0v) is 11.9. The van der Waals surface area contributed by atoms with Crippen LogP contribution in [0.15, 0.2) is 0 Å². The van der Waals surface area contributed by atoms with Gasteiger partial charge in [0, 0.05) is 18.7 Å². The maximum absolute atomic E-state index is 5.95. The lowest BCUT2D eigenvalue weighted by Gasteiger charge is -2.37. The molecule has 0 saturated heterocycles. The molecule has 0 bridgehead atoms. The second-order valence-electron chi connectivity index (χ2n) is 5.54. The Hall–Kier alpha value is -1.32. The molecule has 0 amide bonds. The molecule has 2 atom stereocenters. The van der Waals surface area contributed by atoms with Crippen molar-refractivity contribution in [2.75, 3.05) is 17.7 Å². The highest BCUT2D eigenvalue weighted by Gasteiger charge is 2.27. The molecular weight excluding hydrogens is 224 g/mol. The van der Waals surface area contributed by atoms with Crippen molar-refractivity contribution >= 4 is 11.6 Å². The van der Waals surface area contributed by atoms with E-state index in [1.54, 1.807) is 0 Å². The summed E-state index contributed by atoms with van der Waals surface area (Å²) in [4.78, 5) is 11.1. The van der Waals surface area contributed by atoms with Crippen molar-refractivity contribution in [2.45, 2.75) is 52.5 Å². The summed E-state index contributed by atoms with van der Waals surface area (Å²) < 4.78 is 0. The van der Waals surface area contributed by atoms with Crippen LogP contribution in [0.25, 0.3) is 0 Å². The number of anilines is 2. The molecule has 1 aromatic heterocycles. The van der Waals surface area contributed by atoms with Crippen LogP contribution >= 0.6 is 0 Å². The summed E-state index contributed by atoms with van der Waals surface area (Å²) in [6, 6.07) is 0.575. The summed E-state index contributed by atoms with van der Waals surface area (Å²) in [5.74, 6) is 3.08. The van der Waals surface area contributed by atoms with Crippen molar-refractivity contribution in [1.82, 2.24) is 9.97 Å². The Kier molecular flexibility index (Phi) is 3.73. The van der Waals surface area contributed by atoms with Gasteiger partial charge in [0.15, 0.2) is 0 Å². The fraction of sp³-hybridized carbons (Fsp3) is 0.714. The molecule has 18 heavy (non-hydrogen) atoms. The van der Waals surface area contributed by atoms with Crippen LogP contribution in [0.2, 0.25) is 0 Å². The van der Waals surface area contributed by atoms with Gasteiger partial charge in [0.05, 0.1) is 0 Å². The Labute approximate surface area is 110 Å². The zero-order chi connectivity index (χ0) is 13.3. The minimum Gasteiger partial charge on any atom is -0.383 e. The van der Waals surface area contributed by atoms with E-state index in [9.17, 15) is 0 Å². The van der Waals surface area contributed by atoms with Gasteiger partial charge >= 0.3 is 0 Å². The minimum absolute atomic E-state index is 0.575. The van der Waals surface area contributed by atoms with Gasteiger partial charge in [-0.3, -0.25) is 0 Å². The molecule has 1 aromatic rings. The number of hydrogen-bond acceptors (Lipinski definition) is 4. The van der Waals surface area contributed by atoms with Crippen LogP contribution in [-0.2, 0) is 0 Å². The number of nitrogens with zero attached hydrogens (tertiary/aromatic N) is 3. The lowest BCUT2D eigenvalue weighted by molar-refractivity contribution is 0.320. The third-order valence-electron chi connectivity index (χ3n) is 4.17. The fourth-order valence-electron chi connectivity index (χ4n) is 3.01. The van der Waals surface area contributed by atoms with Gasteiger partial charge in [-0.05, 0) is 32.6 Å². The molecule has 100 valence electrons. The van der Waals surface area contributed by atoms with Gasteiger partial charge in [-0.2, -0.15) is 0 Å². The monoisotopic (exact) mass is 248 g/mol. The summed E-state index contributed by atoms with van der Waals surface area (Å²) >= 11 is 0. The Morgan fingerprint density at radius 1 is 1.17 bits per heavy atom. The van der Waals surface area contributed by atoms with E-state index in [0.29, 0.717) is 11.9 Å². The van der Waals surface area contributed by atoms with Gasteiger partial charge in [0.25, 0.3) is 0 Å². The van der Waals surface area contributed by atoms with E-state index in [2.05, 4.69) is 28.8 Å². The second kappa shape index (κ2) is 5.12. The maximum Gasteiger partial charge on any atom is 0.137 e. The molecule has 2 unspecified atom stereocenters. The number of nitrogen functional groups attached to an aromatic ring is 1. The van der Waals surface area contributed by atoms with E-state index in [4.69, 9.17) is 5.73 Å². The van der Waals surface area contributed by atoms with Crippen molar-refractivity contribution in [3.8, 4) is 0 Å². The average Bonchev–Trinajstić information content (AvgIpc) is 2.33. The molecule has 0 aliphatic heterocycles. The Morgan fingerprint density at radius 3 is 2.50 bits per heavy atom. The van der Waals surface area contributed by atoms with E-state index in [-0.39, 0.29) is 0 Å². The molecule has 1 aliphatic rings. The molecule has 0 aromatic carbocycles. The highest BCUT2D eigenvalue weighted by molar-refractivity contribution is 5.56. The average molecular weight is 248 g/mol. The van der Waals surface area contributed by atoms with E-state index >= 15 is 0 Å². The highest BCUT2D eigenvalue weighted by atomic mass is 15.2. The Morgan fingerprint density at radius 2 is 1.83 bits per heavy atom. The zero-order valence-electron chi connectivity index (χ0n) is 11.9. The van der Waals surface area contributed by atoms with E-state index in [0.717, 1.165) is 23.1 Å². The van der Waals surface area contributed by atoms with Crippen LogP contribution < -0.4 is 10.6 Å². The normalized spacial score (nSPS) is 24.0. The van der Waals surface area contributed by atoms with E-state index in [1.165, 1.54) is 25.7 Å². The minimum atomic E-state index is 0.575. The lowest BCUT2D eigenvalue weighted by Crippen LogP contribution is -2.40. The first kappa shape index (κ1) is 13.1. The topological polar surface area (TPSA) is 55.0 Å².